The Morgan fingerprint density at radius 2 is 1.94 bits per heavy atom. The van der Waals surface area contributed by atoms with Gasteiger partial charge in [-0.3, -0.25) is 4.98 Å². The molecule has 2 aromatic rings. The summed E-state index contributed by atoms with van der Waals surface area (Å²) in [6.45, 7) is 0.114. The van der Waals surface area contributed by atoms with Gasteiger partial charge >= 0.3 is 0 Å². The molecule has 0 fully saturated rings. The molecule has 0 spiro atoms. The molecule has 16 heavy (non-hydrogen) atoms. The van der Waals surface area contributed by atoms with E-state index < -0.39 is 0 Å². The van der Waals surface area contributed by atoms with E-state index in [0.717, 1.165) is 16.8 Å². The van der Waals surface area contributed by atoms with Crippen LogP contribution in [0.15, 0.2) is 42.6 Å². The van der Waals surface area contributed by atoms with Crippen LogP contribution in [0.3, 0.4) is 0 Å². The predicted octanol–water partition coefficient (Wildman–Crippen LogP) is 2.94. The second kappa shape index (κ2) is 5.10. The lowest BCUT2D eigenvalue weighted by Gasteiger charge is -2.08. The molecule has 3 heteroatoms. The van der Waals surface area contributed by atoms with Crippen molar-refractivity contribution in [2.75, 3.05) is 6.61 Å². The van der Waals surface area contributed by atoms with Crippen LogP contribution >= 0.6 is 11.6 Å². The van der Waals surface area contributed by atoms with E-state index in [1.165, 1.54) is 0 Å². The van der Waals surface area contributed by atoms with E-state index in [1.807, 2.05) is 36.4 Å². The van der Waals surface area contributed by atoms with Gasteiger partial charge in [0.1, 0.15) is 0 Å². The molecular weight excluding hydrogens is 222 g/mol. The smallest absolute Gasteiger partial charge is 0.0749 e. The highest BCUT2D eigenvalue weighted by Gasteiger charge is 2.08. The summed E-state index contributed by atoms with van der Waals surface area (Å²) in [7, 11) is 0. The molecule has 0 saturated carbocycles. The maximum absolute atomic E-state index is 9.00. The van der Waals surface area contributed by atoms with Crippen LogP contribution in [0.5, 0.6) is 0 Å². The van der Waals surface area contributed by atoms with Crippen molar-refractivity contribution in [1.29, 1.82) is 0 Å². The lowest BCUT2D eigenvalue weighted by molar-refractivity contribution is 0.299. The van der Waals surface area contributed by atoms with Gasteiger partial charge in [-0.15, -0.1) is 0 Å². The van der Waals surface area contributed by atoms with Crippen LogP contribution < -0.4 is 0 Å². The van der Waals surface area contributed by atoms with E-state index in [9.17, 15) is 0 Å². The Morgan fingerprint density at radius 3 is 2.69 bits per heavy atom. The fourth-order valence-corrected chi connectivity index (χ4v) is 1.88. The molecule has 0 atom stereocenters. The Bertz CT molecular complexity index is 485. The molecule has 1 aromatic carbocycles. The molecule has 2 rings (SSSR count). The lowest BCUT2D eigenvalue weighted by Crippen LogP contribution is -1.96. The van der Waals surface area contributed by atoms with Crippen LogP contribution in [0.25, 0.3) is 11.3 Å². The Kier molecular flexibility index (Phi) is 3.54. The number of aromatic nitrogens is 1. The van der Waals surface area contributed by atoms with Gasteiger partial charge in [0.25, 0.3) is 0 Å². The third-order valence-corrected chi connectivity index (χ3v) is 2.73. The molecule has 82 valence electrons. The lowest BCUT2D eigenvalue weighted by atomic mass is 10.0. The van der Waals surface area contributed by atoms with Gasteiger partial charge in [0.2, 0.25) is 0 Å². The van der Waals surface area contributed by atoms with E-state index in [-0.39, 0.29) is 6.61 Å². The Morgan fingerprint density at radius 1 is 1.12 bits per heavy atom. The number of hydrogen-bond donors (Lipinski definition) is 1. The van der Waals surface area contributed by atoms with Crippen LogP contribution in [-0.2, 0) is 6.42 Å². The Labute approximate surface area is 99.5 Å². The Hall–Kier alpha value is -1.38. The Balaban J connectivity index is 2.51. The summed E-state index contributed by atoms with van der Waals surface area (Å²) in [4.78, 5) is 4.33. The molecule has 0 bridgehead atoms. The minimum atomic E-state index is 0.114. The topological polar surface area (TPSA) is 33.1 Å². The van der Waals surface area contributed by atoms with E-state index in [4.69, 9.17) is 16.7 Å². The van der Waals surface area contributed by atoms with E-state index in [2.05, 4.69) is 4.98 Å². The number of nitrogens with zero attached hydrogens (tertiary/aromatic N) is 1. The van der Waals surface area contributed by atoms with Gasteiger partial charge < -0.3 is 5.11 Å². The van der Waals surface area contributed by atoms with Crippen molar-refractivity contribution >= 4 is 11.6 Å². The maximum Gasteiger partial charge on any atom is 0.0749 e. The first kappa shape index (κ1) is 11.1. The van der Waals surface area contributed by atoms with Crippen LogP contribution in [0.2, 0.25) is 5.02 Å². The van der Waals surface area contributed by atoms with Crippen molar-refractivity contribution in [3.8, 4) is 11.3 Å². The standard InChI is InChI=1S/C13H12ClNO/c14-12-6-2-1-5-11(12)13-10(7-9-16)4-3-8-15-13/h1-6,8,16H,7,9H2. The van der Waals surface area contributed by atoms with Gasteiger partial charge in [-0.2, -0.15) is 0 Å². The third-order valence-electron chi connectivity index (χ3n) is 2.40. The first-order chi connectivity index (χ1) is 7.83. The number of hydrogen-bond acceptors (Lipinski definition) is 2. The quantitative estimate of drug-likeness (QED) is 0.884. The maximum atomic E-state index is 9.00. The molecule has 0 radical (unpaired) electrons. The van der Waals surface area contributed by atoms with Crippen molar-refractivity contribution in [2.24, 2.45) is 0 Å². The van der Waals surface area contributed by atoms with Gasteiger partial charge in [0.15, 0.2) is 0 Å². The van der Waals surface area contributed by atoms with Crippen LogP contribution in [-0.4, -0.2) is 16.7 Å². The molecule has 1 heterocycles. The highest BCUT2D eigenvalue weighted by Crippen LogP contribution is 2.28. The fraction of sp³-hybridized carbons (Fsp3) is 0.154. The molecule has 0 saturated heterocycles. The SMILES string of the molecule is OCCc1cccnc1-c1ccccc1Cl. The van der Waals surface area contributed by atoms with Crippen LogP contribution in [0.4, 0.5) is 0 Å². The summed E-state index contributed by atoms with van der Waals surface area (Å²) in [5.74, 6) is 0. The number of pyridine rings is 1. The number of rotatable bonds is 3. The fourth-order valence-electron chi connectivity index (χ4n) is 1.66. The van der Waals surface area contributed by atoms with Crippen molar-refractivity contribution in [3.63, 3.8) is 0 Å². The molecule has 1 aromatic heterocycles. The van der Waals surface area contributed by atoms with E-state index in [1.54, 1.807) is 6.20 Å². The molecule has 2 nitrogen and oxygen atoms in total. The minimum absolute atomic E-state index is 0.114. The monoisotopic (exact) mass is 233 g/mol. The van der Waals surface area contributed by atoms with Crippen LogP contribution in [0, 0.1) is 0 Å². The van der Waals surface area contributed by atoms with Gasteiger partial charge in [-0.1, -0.05) is 35.9 Å². The molecule has 0 unspecified atom stereocenters. The molecule has 1 N–H and O–H groups in total. The second-order valence-corrected chi connectivity index (χ2v) is 3.87. The largest absolute Gasteiger partial charge is 0.396 e. The number of benzene rings is 1. The van der Waals surface area contributed by atoms with E-state index >= 15 is 0 Å². The summed E-state index contributed by atoms with van der Waals surface area (Å²) in [6.07, 6.45) is 2.33. The van der Waals surface area contributed by atoms with Crippen molar-refractivity contribution in [3.05, 3.63) is 53.2 Å². The van der Waals surface area contributed by atoms with Crippen LogP contribution in [0.1, 0.15) is 5.56 Å². The third kappa shape index (κ3) is 2.23. The average molecular weight is 234 g/mol. The zero-order valence-electron chi connectivity index (χ0n) is 8.73. The van der Waals surface area contributed by atoms with Gasteiger partial charge in [0, 0.05) is 23.4 Å². The summed E-state index contributed by atoms with van der Waals surface area (Å²) in [5, 5.41) is 9.68. The second-order valence-electron chi connectivity index (χ2n) is 3.46. The first-order valence-corrected chi connectivity index (χ1v) is 5.50. The zero-order valence-corrected chi connectivity index (χ0v) is 9.48. The summed E-state index contributed by atoms with van der Waals surface area (Å²) < 4.78 is 0. The minimum Gasteiger partial charge on any atom is -0.396 e. The summed E-state index contributed by atoms with van der Waals surface area (Å²) in [5.41, 5.74) is 2.77. The molecule has 0 aliphatic heterocycles. The van der Waals surface area contributed by atoms with Gasteiger partial charge in [-0.05, 0) is 24.1 Å². The summed E-state index contributed by atoms with van der Waals surface area (Å²) in [6, 6.07) is 11.4. The zero-order chi connectivity index (χ0) is 11.4. The normalized spacial score (nSPS) is 10.4. The predicted molar refractivity (Wildman–Crippen MR) is 65.5 cm³/mol. The van der Waals surface area contributed by atoms with Crippen molar-refractivity contribution in [2.45, 2.75) is 6.42 Å². The molecular formula is C13H12ClNO. The number of aliphatic hydroxyl groups excluding tert-OH is 1. The van der Waals surface area contributed by atoms with Gasteiger partial charge in [0.05, 0.1) is 5.69 Å². The molecule has 0 aliphatic carbocycles. The molecule has 0 amide bonds. The first-order valence-electron chi connectivity index (χ1n) is 5.12. The molecule has 0 aliphatic rings. The highest BCUT2D eigenvalue weighted by molar-refractivity contribution is 6.33. The van der Waals surface area contributed by atoms with Crippen molar-refractivity contribution < 1.29 is 5.11 Å². The van der Waals surface area contributed by atoms with E-state index in [0.29, 0.717) is 11.4 Å². The number of halogens is 1. The number of aliphatic hydroxyl groups is 1. The average Bonchev–Trinajstić information content (AvgIpc) is 2.31. The van der Waals surface area contributed by atoms with Crippen molar-refractivity contribution in [1.82, 2.24) is 4.98 Å². The summed E-state index contributed by atoms with van der Waals surface area (Å²) >= 11 is 6.13. The highest BCUT2D eigenvalue weighted by atomic mass is 35.5. The van der Waals surface area contributed by atoms with Gasteiger partial charge in [-0.25, -0.2) is 0 Å².